The first-order chi connectivity index (χ1) is 19.9. The van der Waals surface area contributed by atoms with Crippen molar-refractivity contribution in [3.8, 4) is 11.1 Å². The third-order valence-electron chi connectivity index (χ3n) is 7.59. The molecule has 0 spiro atoms. The summed E-state index contributed by atoms with van der Waals surface area (Å²) in [6, 6.07) is 21.8. The summed E-state index contributed by atoms with van der Waals surface area (Å²) in [6.45, 7) is 16.5. The second kappa shape index (κ2) is 12.6. The number of nitrogens with zero attached hydrogens (tertiary/aromatic N) is 1. The Bertz CT molecular complexity index is 1660. The third kappa shape index (κ3) is 6.73. The standard InChI is InChI=1S/C37H42N2O3/c1-9-13-28(10-2)25(4)38-35(40)30-20-21-34-33(22-30)24(3)26(5)39(34)23-27-16-18-29(19-17-27)31-14-11-12-15-32(31)36(41)42-37(6,7)8/h9-22,25H,23H2,1-8H3,(H,38,40). The summed E-state index contributed by atoms with van der Waals surface area (Å²) in [4.78, 5) is 26.0. The van der Waals surface area contributed by atoms with Crippen LogP contribution in [0.4, 0.5) is 0 Å². The lowest BCUT2D eigenvalue weighted by molar-refractivity contribution is 0.00703. The molecule has 218 valence electrons. The van der Waals surface area contributed by atoms with Gasteiger partial charge in [0.25, 0.3) is 5.91 Å². The van der Waals surface area contributed by atoms with Crippen LogP contribution in [0.2, 0.25) is 0 Å². The monoisotopic (exact) mass is 562 g/mol. The van der Waals surface area contributed by atoms with Gasteiger partial charge in [-0.1, -0.05) is 60.7 Å². The highest BCUT2D eigenvalue weighted by Gasteiger charge is 2.21. The Balaban J connectivity index is 1.58. The zero-order valence-corrected chi connectivity index (χ0v) is 26.0. The van der Waals surface area contributed by atoms with E-state index < -0.39 is 5.60 Å². The van der Waals surface area contributed by atoms with Crippen LogP contribution in [0.5, 0.6) is 0 Å². The molecule has 0 aliphatic carbocycles. The summed E-state index contributed by atoms with van der Waals surface area (Å²) in [5.41, 5.74) is 8.11. The van der Waals surface area contributed by atoms with Gasteiger partial charge in [-0.2, -0.15) is 0 Å². The van der Waals surface area contributed by atoms with Crippen molar-refractivity contribution in [1.29, 1.82) is 0 Å². The van der Waals surface area contributed by atoms with Crippen molar-refractivity contribution in [3.63, 3.8) is 0 Å². The predicted octanol–water partition coefficient (Wildman–Crippen LogP) is 8.57. The van der Waals surface area contributed by atoms with Gasteiger partial charge in [-0.25, -0.2) is 4.79 Å². The molecule has 1 aromatic heterocycles. The van der Waals surface area contributed by atoms with Crippen molar-refractivity contribution in [3.05, 3.63) is 118 Å². The molecule has 1 unspecified atom stereocenters. The molecular formula is C37H42N2O3. The summed E-state index contributed by atoms with van der Waals surface area (Å²) in [6.07, 6.45) is 6.03. The first-order valence-electron chi connectivity index (χ1n) is 14.5. The number of aromatic nitrogens is 1. The summed E-state index contributed by atoms with van der Waals surface area (Å²) in [5, 5.41) is 4.20. The Hall–Kier alpha value is -4.38. The lowest BCUT2D eigenvalue weighted by Gasteiger charge is -2.20. The van der Waals surface area contributed by atoms with Crippen molar-refractivity contribution in [2.24, 2.45) is 0 Å². The van der Waals surface area contributed by atoms with Crippen LogP contribution in [0.3, 0.4) is 0 Å². The van der Waals surface area contributed by atoms with E-state index in [0.29, 0.717) is 17.7 Å². The van der Waals surface area contributed by atoms with Crippen LogP contribution in [0.15, 0.2) is 90.5 Å². The SMILES string of the molecule is CC=CC(=CC)C(C)NC(=O)c1ccc2c(c1)c(C)c(C)n2Cc1ccc(-c2ccccc2C(=O)OC(C)(C)C)cc1. The average molecular weight is 563 g/mol. The highest BCUT2D eigenvalue weighted by Crippen LogP contribution is 2.29. The van der Waals surface area contributed by atoms with Gasteiger partial charge in [-0.3, -0.25) is 4.79 Å². The first kappa shape index (κ1) is 30.6. The smallest absolute Gasteiger partial charge is 0.339 e. The molecule has 5 heteroatoms. The van der Waals surface area contributed by atoms with E-state index in [1.165, 1.54) is 11.3 Å². The topological polar surface area (TPSA) is 60.3 Å². The number of benzene rings is 3. The van der Waals surface area contributed by atoms with E-state index >= 15 is 0 Å². The van der Waals surface area contributed by atoms with E-state index in [2.05, 4.69) is 48.0 Å². The number of esters is 1. The van der Waals surface area contributed by atoms with Crippen LogP contribution >= 0.6 is 0 Å². The van der Waals surface area contributed by atoms with Crippen molar-refractivity contribution < 1.29 is 14.3 Å². The molecule has 5 nitrogen and oxygen atoms in total. The van der Waals surface area contributed by atoms with Gasteiger partial charge in [0.1, 0.15) is 5.60 Å². The molecule has 1 N–H and O–H groups in total. The fourth-order valence-electron chi connectivity index (χ4n) is 5.26. The first-order valence-corrected chi connectivity index (χ1v) is 14.5. The lowest BCUT2D eigenvalue weighted by Crippen LogP contribution is -2.33. The van der Waals surface area contributed by atoms with Gasteiger partial charge >= 0.3 is 5.97 Å². The number of nitrogens with one attached hydrogen (secondary N) is 1. The fourth-order valence-corrected chi connectivity index (χ4v) is 5.26. The maximum absolute atomic E-state index is 13.1. The average Bonchev–Trinajstić information content (AvgIpc) is 3.19. The molecule has 0 bridgehead atoms. The summed E-state index contributed by atoms with van der Waals surface area (Å²) >= 11 is 0. The molecule has 0 fully saturated rings. The number of allylic oxidation sites excluding steroid dienone is 2. The Kier molecular flexibility index (Phi) is 9.20. The van der Waals surface area contributed by atoms with Gasteiger partial charge in [0.2, 0.25) is 0 Å². The van der Waals surface area contributed by atoms with Gasteiger partial charge in [0, 0.05) is 28.7 Å². The van der Waals surface area contributed by atoms with E-state index in [1.54, 1.807) is 0 Å². The number of rotatable bonds is 8. The van der Waals surface area contributed by atoms with E-state index in [1.807, 2.05) is 102 Å². The minimum Gasteiger partial charge on any atom is -0.456 e. The molecule has 1 amide bonds. The number of carbonyl (C=O) groups is 2. The molecule has 0 aliphatic rings. The largest absolute Gasteiger partial charge is 0.456 e. The molecule has 4 aromatic rings. The molecule has 1 heterocycles. The Morgan fingerprint density at radius 2 is 1.67 bits per heavy atom. The number of aryl methyl sites for hydroxylation is 1. The van der Waals surface area contributed by atoms with Crippen molar-refractivity contribution in [2.75, 3.05) is 0 Å². The Morgan fingerprint density at radius 3 is 2.31 bits per heavy atom. The molecule has 0 aliphatic heterocycles. The Morgan fingerprint density at radius 1 is 0.976 bits per heavy atom. The molecule has 0 radical (unpaired) electrons. The van der Waals surface area contributed by atoms with Gasteiger partial charge in [0.15, 0.2) is 0 Å². The van der Waals surface area contributed by atoms with Crippen LogP contribution < -0.4 is 5.32 Å². The highest BCUT2D eigenvalue weighted by atomic mass is 16.6. The summed E-state index contributed by atoms with van der Waals surface area (Å²) in [5.74, 6) is -0.407. The van der Waals surface area contributed by atoms with E-state index in [-0.39, 0.29) is 17.9 Å². The molecule has 4 rings (SSSR count). The number of fused-ring (bicyclic) bond motifs is 1. The normalized spacial score (nSPS) is 13.0. The molecule has 1 atom stereocenters. The fraction of sp³-hybridized carbons (Fsp3) is 0.297. The minimum atomic E-state index is -0.561. The van der Waals surface area contributed by atoms with Gasteiger partial charge in [0.05, 0.1) is 11.6 Å². The molecule has 42 heavy (non-hydrogen) atoms. The van der Waals surface area contributed by atoms with Gasteiger partial charge in [-0.15, -0.1) is 0 Å². The number of ether oxygens (including phenoxy) is 1. The van der Waals surface area contributed by atoms with Crippen molar-refractivity contribution in [2.45, 2.75) is 73.6 Å². The number of amides is 1. The molecule has 0 saturated carbocycles. The molecule has 3 aromatic carbocycles. The molecule has 0 saturated heterocycles. The maximum Gasteiger partial charge on any atom is 0.339 e. The lowest BCUT2D eigenvalue weighted by atomic mass is 9.98. The van der Waals surface area contributed by atoms with Crippen LogP contribution in [-0.2, 0) is 11.3 Å². The zero-order chi connectivity index (χ0) is 30.6. The second-order valence-corrected chi connectivity index (χ2v) is 11.8. The van der Waals surface area contributed by atoms with Crippen LogP contribution in [0, 0.1) is 13.8 Å². The van der Waals surface area contributed by atoms with Crippen molar-refractivity contribution >= 4 is 22.8 Å². The minimum absolute atomic E-state index is 0.0825. The summed E-state index contributed by atoms with van der Waals surface area (Å²) in [7, 11) is 0. The highest BCUT2D eigenvalue weighted by molar-refractivity contribution is 6.00. The number of hydrogen-bond acceptors (Lipinski definition) is 3. The predicted molar refractivity (Wildman–Crippen MR) is 173 cm³/mol. The quantitative estimate of drug-likeness (QED) is 0.173. The van der Waals surface area contributed by atoms with Crippen molar-refractivity contribution in [1.82, 2.24) is 9.88 Å². The summed E-state index contributed by atoms with van der Waals surface area (Å²) < 4.78 is 7.93. The maximum atomic E-state index is 13.1. The van der Waals surface area contributed by atoms with Crippen LogP contribution in [-0.4, -0.2) is 28.1 Å². The van der Waals surface area contributed by atoms with Crippen LogP contribution in [0.25, 0.3) is 22.0 Å². The van der Waals surface area contributed by atoms with E-state index in [0.717, 1.165) is 33.2 Å². The van der Waals surface area contributed by atoms with E-state index in [4.69, 9.17) is 4.74 Å². The number of hydrogen-bond donors (Lipinski definition) is 1. The van der Waals surface area contributed by atoms with Gasteiger partial charge < -0.3 is 14.6 Å². The van der Waals surface area contributed by atoms with Crippen LogP contribution in [0.1, 0.15) is 79.1 Å². The Labute approximate surface area is 249 Å². The van der Waals surface area contributed by atoms with E-state index in [9.17, 15) is 9.59 Å². The molecular weight excluding hydrogens is 520 g/mol. The second-order valence-electron chi connectivity index (χ2n) is 11.8. The third-order valence-corrected chi connectivity index (χ3v) is 7.59. The number of carbonyl (C=O) groups excluding carboxylic acids is 2. The van der Waals surface area contributed by atoms with Gasteiger partial charge in [-0.05, 0) is 107 Å². The zero-order valence-electron chi connectivity index (χ0n) is 26.0.